The molecule has 9 heteroatoms. The molecule has 0 bridgehead atoms. The van der Waals surface area contributed by atoms with E-state index in [2.05, 4.69) is 15.4 Å². The highest BCUT2D eigenvalue weighted by molar-refractivity contribution is 7.79. The van der Waals surface area contributed by atoms with Crippen LogP contribution in [0.1, 0.15) is 18.0 Å². The second kappa shape index (κ2) is 7.53. The Kier molecular flexibility index (Phi) is 5.69. The average Bonchev–Trinajstić information content (AvgIpc) is 3.03. The molecular weight excluding hydrogens is 324 g/mol. The molecule has 0 saturated carbocycles. The van der Waals surface area contributed by atoms with Gasteiger partial charge in [0.2, 0.25) is 0 Å². The summed E-state index contributed by atoms with van der Waals surface area (Å²) in [5.74, 6) is -0.850. The fraction of sp³-hybridized carbons (Fsp3) is 0.429. The van der Waals surface area contributed by atoms with Crippen LogP contribution in [0.3, 0.4) is 0 Å². The quantitative estimate of drug-likeness (QED) is 0.557. The third-order valence-electron chi connectivity index (χ3n) is 3.69. The van der Waals surface area contributed by atoms with Crippen LogP contribution in [0.5, 0.6) is 0 Å². The maximum absolute atomic E-state index is 11.9. The van der Waals surface area contributed by atoms with E-state index in [9.17, 15) is 18.4 Å². The van der Waals surface area contributed by atoms with Crippen molar-refractivity contribution in [3.05, 3.63) is 23.8 Å². The van der Waals surface area contributed by atoms with E-state index in [1.165, 1.54) is 26.4 Å². The minimum atomic E-state index is -2.23. The van der Waals surface area contributed by atoms with Crippen molar-refractivity contribution in [1.82, 2.24) is 5.32 Å². The van der Waals surface area contributed by atoms with Crippen LogP contribution >= 0.6 is 0 Å². The van der Waals surface area contributed by atoms with Gasteiger partial charge in [-0.1, -0.05) is 0 Å². The Labute approximate surface area is 135 Å². The zero-order valence-electron chi connectivity index (χ0n) is 12.7. The van der Waals surface area contributed by atoms with Crippen LogP contribution in [-0.2, 0) is 25.3 Å². The molecule has 0 aromatic heterocycles. The summed E-state index contributed by atoms with van der Waals surface area (Å²) in [6, 6.07) is 4.02. The number of ether oxygens (including phenoxy) is 2. The average molecular weight is 342 g/mol. The lowest BCUT2D eigenvalue weighted by Crippen LogP contribution is -2.26. The summed E-state index contributed by atoms with van der Waals surface area (Å²) in [6.07, 6.45) is -0.0959. The van der Waals surface area contributed by atoms with Gasteiger partial charge in [0.05, 0.1) is 25.0 Å². The molecule has 1 aliphatic rings. The molecule has 1 aromatic carbocycles. The Morgan fingerprint density at radius 3 is 2.70 bits per heavy atom. The summed E-state index contributed by atoms with van der Waals surface area (Å²) in [5.41, 5.74) is 0.867. The summed E-state index contributed by atoms with van der Waals surface area (Å²) >= 11 is -2.23. The van der Waals surface area contributed by atoms with E-state index in [1.807, 2.05) is 0 Å². The van der Waals surface area contributed by atoms with E-state index >= 15 is 0 Å². The summed E-state index contributed by atoms with van der Waals surface area (Å²) in [6.45, 7) is 0.580. The van der Waals surface area contributed by atoms with E-state index < -0.39 is 29.1 Å². The van der Waals surface area contributed by atoms with Crippen molar-refractivity contribution in [3.63, 3.8) is 0 Å². The minimum absolute atomic E-state index is 0.175. The number of benzene rings is 1. The number of carbonyl (C=O) groups excluding carboxylic acids is 2. The van der Waals surface area contributed by atoms with Crippen molar-refractivity contribution in [1.29, 1.82) is 0 Å². The third kappa shape index (κ3) is 3.87. The smallest absolute Gasteiger partial charge is 0.411 e. The summed E-state index contributed by atoms with van der Waals surface area (Å²) in [5, 5.41) is 5.63. The van der Waals surface area contributed by atoms with E-state index in [-0.39, 0.29) is 10.9 Å². The molecular formula is C14H18N2O6S. The van der Waals surface area contributed by atoms with Gasteiger partial charge < -0.3 is 19.3 Å². The first-order valence-electron chi connectivity index (χ1n) is 6.89. The maximum atomic E-state index is 11.9. The molecule has 1 saturated heterocycles. The topological polar surface area (TPSA) is 114 Å². The second-order valence-electron chi connectivity index (χ2n) is 4.97. The van der Waals surface area contributed by atoms with E-state index in [0.29, 0.717) is 24.2 Å². The van der Waals surface area contributed by atoms with E-state index in [1.54, 1.807) is 6.07 Å². The summed E-state index contributed by atoms with van der Waals surface area (Å²) < 4.78 is 30.4. The largest absolute Gasteiger partial charge is 0.469 e. The lowest BCUT2D eigenvalue weighted by Gasteiger charge is -2.20. The van der Waals surface area contributed by atoms with Crippen LogP contribution in [0.2, 0.25) is 0 Å². The molecule has 1 aromatic rings. The van der Waals surface area contributed by atoms with Crippen molar-refractivity contribution < 1.29 is 27.8 Å². The van der Waals surface area contributed by atoms with Gasteiger partial charge in [-0.3, -0.25) is 10.1 Å². The number of hydrogen-bond donors (Lipinski definition) is 3. The van der Waals surface area contributed by atoms with Gasteiger partial charge in [0, 0.05) is 11.7 Å². The lowest BCUT2D eigenvalue weighted by molar-refractivity contribution is -0.145. The van der Waals surface area contributed by atoms with Gasteiger partial charge in [0.25, 0.3) is 0 Å². The lowest BCUT2D eigenvalue weighted by atomic mass is 9.94. The number of methoxy groups -OCH3 is 2. The highest BCUT2D eigenvalue weighted by Gasteiger charge is 2.36. The first-order valence-corrected chi connectivity index (χ1v) is 7.99. The number of hydrogen-bond acceptors (Lipinski definition) is 6. The van der Waals surface area contributed by atoms with Crippen LogP contribution in [0.25, 0.3) is 0 Å². The predicted octanol–water partition coefficient (Wildman–Crippen LogP) is 1.27. The van der Waals surface area contributed by atoms with Gasteiger partial charge >= 0.3 is 12.1 Å². The molecule has 0 radical (unpaired) electrons. The van der Waals surface area contributed by atoms with Gasteiger partial charge in [-0.05, 0) is 36.7 Å². The normalized spacial score (nSPS) is 21.5. The Morgan fingerprint density at radius 2 is 2.09 bits per heavy atom. The van der Waals surface area contributed by atoms with Gasteiger partial charge in [0.15, 0.2) is 11.1 Å². The molecule has 23 heavy (non-hydrogen) atoms. The first kappa shape index (κ1) is 17.4. The fourth-order valence-electron chi connectivity index (χ4n) is 2.63. The zero-order valence-corrected chi connectivity index (χ0v) is 13.5. The van der Waals surface area contributed by atoms with Crippen molar-refractivity contribution >= 4 is 28.8 Å². The van der Waals surface area contributed by atoms with Gasteiger partial charge in [-0.2, -0.15) is 0 Å². The van der Waals surface area contributed by atoms with Crippen molar-refractivity contribution in [2.24, 2.45) is 5.92 Å². The zero-order chi connectivity index (χ0) is 17.0. The molecule has 1 heterocycles. The monoisotopic (exact) mass is 342 g/mol. The number of esters is 1. The molecule has 3 atom stereocenters. The molecule has 1 amide bonds. The standard InChI is InChI=1S/C14H18N2O6S/c1-21-13(17)9-5-6-15-12(9)10-7-8(16-14(18)22-2)3-4-11(10)23(19)20/h3-4,7,9,12,15H,5-6H2,1-2H3,(H,16,18)(H,19,20)/t9-,12+/m1/s1. The van der Waals surface area contributed by atoms with Gasteiger partial charge in [0.1, 0.15) is 0 Å². The van der Waals surface area contributed by atoms with E-state index in [4.69, 9.17) is 4.74 Å². The van der Waals surface area contributed by atoms with Gasteiger partial charge in [-0.25, -0.2) is 9.00 Å². The summed E-state index contributed by atoms with van der Waals surface area (Å²) in [7, 11) is 2.54. The molecule has 0 aliphatic carbocycles. The first-order chi connectivity index (χ1) is 11.0. The van der Waals surface area contributed by atoms with Crippen LogP contribution < -0.4 is 10.6 Å². The van der Waals surface area contributed by atoms with Crippen molar-refractivity contribution in [2.75, 3.05) is 26.1 Å². The Bertz CT molecular complexity index is 636. The number of nitrogens with one attached hydrogen (secondary N) is 2. The fourth-order valence-corrected chi connectivity index (χ4v) is 3.20. The number of anilines is 1. The minimum Gasteiger partial charge on any atom is -0.469 e. The molecule has 8 nitrogen and oxygen atoms in total. The molecule has 1 aliphatic heterocycles. The van der Waals surface area contributed by atoms with Crippen LogP contribution in [0.4, 0.5) is 10.5 Å². The number of carbonyl (C=O) groups is 2. The highest BCUT2D eigenvalue weighted by atomic mass is 32.2. The Balaban J connectivity index is 2.40. The molecule has 2 rings (SSSR count). The van der Waals surface area contributed by atoms with Crippen LogP contribution in [0.15, 0.2) is 23.1 Å². The molecule has 126 valence electrons. The second-order valence-corrected chi connectivity index (χ2v) is 5.91. The Hall–Kier alpha value is -1.97. The van der Waals surface area contributed by atoms with Crippen molar-refractivity contribution in [3.8, 4) is 0 Å². The SMILES string of the molecule is COC(=O)Nc1ccc(S(=O)O)c([C@H]2NCC[C@H]2C(=O)OC)c1. The summed E-state index contributed by atoms with van der Waals surface area (Å²) in [4.78, 5) is 23.4. The van der Waals surface area contributed by atoms with E-state index in [0.717, 1.165) is 0 Å². The third-order valence-corrected chi connectivity index (χ3v) is 4.44. The predicted molar refractivity (Wildman–Crippen MR) is 82.4 cm³/mol. The number of rotatable bonds is 4. The van der Waals surface area contributed by atoms with Gasteiger partial charge in [-0.15, -0.1) is 0 Å². The molecule has 0 spiro atoms. The Morgan fingerprint density at radius 1 is 1.35 bits per heavy atom. The van der Waals surface area contributed by atoms with Crippen molar-refractivity contribution in [2.45, 2.75) is 17.4 Å². The number of amides is 1. The highest BCUT2D eigenvalue weighted by Crippen LogP contribution is 2.35. The molecule has 3 N–H and O–H groups in total. The van der Waals surface area contributed by atoms with Crippen LogP contribution in [0, 0.1) is 5.92 Å². The maximum Gasteiger partial charge on any atom is 0.411 e. The molecule has 1 unspecified atom stereocenters. The van der Waals surface area contributed by atoms with Crippen LogP contribution in [-0.4, -0.2) is 41.6 Å². The molecule has 1 fully saturated rings.